The predicted molar refractivity (Wildman–Crippen MR) is 79.8 cm³/mol. The molecule has 0 spiro atoms. The van der Waals surface area contributed by atoms with Gasteiger partial charge in [0, 0.05) is 30.2 Å². The second kappa shape index (κ2) is 4.88. The maximum Gasteiger partial charge on any atom is 0.0378 e. The van der Waals surface area contributed by atoms with Gasteiger partial charge in [0.2, 0.25) is 0 Å². The highest BCUT2D eigenvalue weighted by atomic mass is 14.8. The maximum atomic E-state index is 4.26. The van der Waals surface area contributed by atoms with Crippen molar-refractivity contribution in [3.8, 4) is 11.1 Å². The van der Waals surface area contributed by atoms with E-state index in [1.54, 1.807) is 0 Å². The van der Waals surface area contributed by atoms with Crippen LogP contribution in [0.25, 0.3) is 16.8 Å². The van der Waals surface area contributed by atoms with Crippen LogP contribution in [0, 0.1) is 6.92 Å². The predicted octanol–water partition coefficient (Wildman–Crippen LogP) is 3.56. The smallest absolute Gasteiger partial charge is 0.0378 e. The molecule has 1 aromatic carbocycles. The van der Waals surface area contributed by atoms with Crippen molar-refractivity contribution in [3.05, 3.63) is 59.4 Å². The van der Waals surface area contributed by atoms with Crippen molar-refractivity contribution in [2.24, 2.45) is 0 Å². The third-order valence-electron chi connectivity index (χ3n) is 3.66. The van der Waals surface area contributed by atoms with E-state index in [0.29, 0.717) is 0 Å². The first kappa shape index (κ1) is 12.0. The summed E-state index contributed by atoms with van der Waals surface area (Å²) in [5.74, 6) is 0. The van der Waals surface area contributed by atoms with Crippen LogP contribution in [-0.2, 0) is 6.42 Å². The van der Waals surface area contributed by atoms with Gasteiger partial charge in [0.15, 0.2) is 0 Å². The second-order valence-corrected chi connectivity index (χ2v) is 4.96. The van der Waals surface area contributed by atoms with E-state index in [0.717, 1.165) is 18.5 Å². The Morgan fingerprint density at radius 2 is 1.95 bits per heavy atom. The molecule has 1 aromatic heterocycles. The van der Waals surface area contributed by atoms with Crippen LogP contribution >= 0.6 is 0 Å². The van der Waals surface area contributed by atoms with Crippen molar-refractivity contribution in [1.29, 1.82) is 0 Å². The van der Waals surface area contributed by atoms with Crippen molar-refractivity contribution in [1.82, 2.24) is 10.3 Å². The molecule has 19 heavy (non-hydrogen) atoms. The lowest BCUT2D eigenvalue weighted by Crippen LogP contribution is -2.10. The van der Waals surface area contributed by atoms with E-state index in [2.05, 4.69) is 46.7 Å². The van der Waals surface area contributed by atoms with Crippen LogP contribution in [0.15, 0.2) is 42.6 Å². The number of allylic oxidation sites excluding steroid dienone is 1. The fourth-order valence-electron chi connectivity index (χ4n) is 2.69. The zero-order valence-electron chi connectivity index (χ0n) is 11.4. The Morgan fingerprint density at radius 1 is 1.11 bits per heavy atom. The van der Waals surface area contributed by atoms with Gasteiger partial charge in [0.05, 0.1) is 0 Å². The molecule has 0 atom stereocenters. The lowest BCUT2D eigenvalue weighted by Gasteiger charge is -2.18. The first-order valence-electron chi connectivity index (χ1n) is 6.72. The molecule has 1 aliphatic rings. The molecule has 3 rings (SSSR count). The van der Waals surface area contributed by atoms with E-state index in [9.17, 15) is 0 Å². The average molecular weight is 250 g/mol. The van der Waals surface area contributed by atoms with Crippen molar-refractivity contribution >= 4 is 5.70 Å². The first-order valence-corrected chi connectivity index (χ1v) is 6.72. The standard InChI is InChI=1S/C17H18N2/c1-12-10-14(8-9-19-12)13-6-7-16-15(11-13)4-3-5-17(16)18-2/h5-11,18H,3-4H2,1-2H3. The van der Waals surface area contributed by atoms with Crippen LogP contribution in [-0.4, -0.2) is 12.0 Å². The van der Waals surface area contributed by atoms with Crippen molar-refractivity contribution in [2.75, 3.05) is 7.05 Å². The molecule has 1 aliphatic carbocycles. The molecule has 2 nitrogen and oxygen atoms in total. The summed E-state index contributed by atoms with van der Waals surface area (Å²) < 4.78 is 0. The van der Waals surface area contributed by atoms with Crippen molar-refractivity contribution in [2.45, 2.75) is 19.8 Å². The lowest BCUT2D eigenvalue weighted by molar-refractivity contribution is 0.948. The van der Waals surface area contributed by atoms with E-state index in [1.165, 1.54) is 28.0 Å². The van der Waals surface area contributed by atoms with Gasteiger partial charge in [0.1, 0.15) is 0 Å². The minimum absolute atomic E-state index is 1.06. The van der Waals surface area contributed by atoms with E-state index in [-0.39, 0.29) is 0 Å². The maximum absolute atomic E-state index is 4.26. The fourth-order valence-corrected chi connectivity index (χ4v) is 2.69. The lowest BCUT2D eigenvalue weighted by atomic mass is 9.91. The van der Waals surface area contributed by atoms with Gasteiger partial charge in [-0.15, -0.1) is 0 Å². The number of benzene rings is 1. The van der Waals surface area contributed by atoms with Crippen LogP contribution in [0.2, 0.25) is 0 Å². The quantitative estimate of drug-likeness (QED) is 0.881. The molecule has 0 amide bonds. The Balaban J connectivity index is 2.05. The zero-order valence-corrected chi connectivity index (χ0v) is 11.4. The Kier molecular flexibility index (Phi) is 3.08. The molecule has 0 radical (unpaired) electrons. The first-order chi connectivity index (χ1) is 9.28. The normalized spacial score (nSPS) is 13.7. The highest BCUT2D eigenvalue weighted by Gasteiger charge is 2.12. The summed E-state index contributed by atoms with van der Waals surface area (Å²) in [6, 6.07) is 11.0. The molecule has 0 unspecified atom stereocenters. The highest BCUT2D eigenvalue weighted by Crippen LogP contribution is 2.29. The van der Waals surface area contributed by atoms with E-state index in [4.69, 9.17) is 0 Å². The molecule has 0 saturated heterocycles. The number of nitrogens with zero attached hydrogens (tertiary/aromatic N) is 1. The van der Waals surface area contributed by atoms with Crippen molar-refractivity contribution in [3.63, 3.8) is 0 Å². The molecular formula is C17H18N2. The third kappa shape index (κ3) is 2.26. The van der Waals surface area contributed by atoms with E-state index < -0.39 is 0 Å². The summed E-state index contributed by atoms with van der Waals surface area (Å²) in [6.45, 7) is 2.03. The highest BCUT2D eigenvalue weighted by molar-refractivity contribution is 5.73. The van der Waals surface area contributed by atoms with Crippen LogP contribution in [0.1, 0.15) is 23.2 Å². The van der Waals surface area contributed by atoms with Crippen LogP contribution in [0.4, 0.5) is 0 Å². The van der Waals surface area contributed by atoms with Gasteiger partial charge in [-0.1, -0.05) is 24.3 Å². The Morgan fingerprint density at radius 3 is 2.74 bits per heavy atom. The zero-order chi connectivity index (χ0) is 13.2. The van der Waals surface area contributed by atoms with Gasteiger partial charge < -0.3 is 5.32 Å². The number of nitrogens with one attached hydrogen (secondary N) is 1. The summed E-state index contributed by atoms with van der Waals surface area (Å²) in [4.78, 5) is 4.26. The van der Waals surface area contributed by atoms with E-state index in [1.807, 2.05) is 20.2 Å². The van der Waals surface area contributed by atoms with Gasteiger partial charge in [-0.25, -0.2) is 0 Å². The fraction of sp³-hybridized carbons (Fsp3) is 0.235. The van der Waals surface area contributed by atoms with Gasteiger partial charge >= 0.3 is 0 Å². The summed E-state index contributed by atoms with van der Waals surface area (Å²) in [6.07, 6.45) is 6.39. The number of hydrogen-bond donors (Lipinski definition) is 1. The molecule has 2 aromatic rings. The molecule has 96 valence electrons. The molecule has 0 aliphatic heterocycles. The molecule has 1 heterocycles. The minimum Gasteiger partial charge on any atom is -0.388 e. The minimum atomic E-state index is 1.06. The SMILES string of the molecule is CNC1=CCCc2cc(-c3ccnc(C)c3)ccc21. The second-order valence-electron chi connectivity index (χ2n) is 4.96. The van der Waals surface area contributed by atoms with Crippen molar-refractivity contribution < 1.29 is 0 Å². The van der Waals surface area contributed by atoms with E-state index >= 15 is 0 Å². The largest absolute Gasteiger partial charge is 0.388 e. The number of pyridine rings is 1. The average Bonchev–Trinajstić information content (AvgIpc) is 2.46. The molecular weight excluding hydrogens is 232 g/mol. The van der Waals surface area contributed by atoms with Gasteiger partial charge in [-0.2, -0.15) is 0 Å². The number of fused-ring (bicyclic) bond motifs is 1. The van der Waals surface area contributed by atoms with Gasteiger partial charge in [-0.3, -0.25) is 4.98 Å². The van der Waals surface area contributed by atoms with Crippen LogP contribution in [0.5, 0.6) is 0 Å². The van der Waals surface area contributed by atoms with Gasteiger partial charge in [0.25, 0.3) is 0 Å². The van der Waals surface area contributed by atoms with Crippen LogP contribution in [0.3, 0.4) is 0 Å². The number of aromatic nitrogens is 1. The number of hydrogen-bond acceptors (Lipinski definition) is 2. The Hall–Kier alpha value is -2.09. The summed E-state index contributed by atoms with van der Waals surface area (Å²) in [5, 5.41) is 3.28. The molecule has 1 N–H and O–H groups in total. The third-order valence-corrected chi connectivity index (χ3v) is 3.66. The number of rotatable bonds is 2. The summed E-state index contributed by atoms with van der Waals surface area (Å²) in [5.41, 5.74) is 7.60. The van der Waals surface area contributed by atoms with Crippen LogP contribution < -0.4 is 5.32 Å². The Bertz CT molecular complexity index is 641. The summed E-state index contributed by atoms with van der Waals surface area (Å²) >= 11 is 0. The topological polar surface area (TPSA) is 24.9 Å². The van der Waals surface area contributed by atoms with Gasteiger partial charge in [-0.05, 0) is 48.6 Å². The number of aryl methyl sites for hydroxylation is 2. The molecule has 2 heteroatoms. The molecule has 0 saturated carbocycles. The monoisotopic (exact) mass is 250 g/mol. The molecule has 0 bridgehead atoms. The molecule has 0 fully saturated rings. The summed E-state index contributed by atoms with van der Waals surface area (Å²) in [7, 11) is 1.99. The Labute approximate surface area is 114 Å².